The molecule has 4 aromatic rings. The van der Waals surface area contributed by atoms with Crippen molar-refractivity contribution < 1.29 is 17.6 Å². The molecule has 0 aliphatic heterocycles. The topological polar surface area (TPSA) is 63.6 Å². The third-order valence-electron chi connectivity index (χ3n) is 4.03. The number of pyridine rings is 1. The van der Waals surface area contributed by atoms with Crippen molar-refractivity contribution >= 4 is 22.5 Å². The largest absolute Gasteiger partial charge is 0.416 e. The van der Waals surface area contributed by atoms with Crippen LogP contribution in [0.25, 0.3) is 22.2 Å². The van der Waals surface area contributed by atoms with E-state index in [4.69, 9.17) is 0 Å². The Bertz CT molecular complexity index is 1150. The van der Waals surface area contributed by atoms with E-state index < -0.39 is 17.6 Å². The molecule has 0 radical (unpaired) electrons. The Hall–Kier alpha value is -3.62. The molecule has 0 atom stereocenters. The van der Waals surface area contributed by atoms with E-state index in [0.717, 1.165) is 12.1 Å². The third-order valence-corrected chi connectivity index (χ3v) is 4.03. The first-order chi connectivity index (χ1) is 13.4. The van der Waals surface area contributed by atoms with Crippen molar-refractivity contribution in [3.8, 4) is 11.3 Å². The maximum absolute atomic E-state index is 14.3. The first kappa shape index (κ1) is 17.8. The second-order valence-corrected chi connectivity index (χ2v) is 5.85. The van der Waals surface area contributed by atoms with Gasteiger partial charge in [-0.2, -0.15) is 13.2 Å². The van der Waals surface area contributed by atoms with Gasteiger partial charge in [-0.25, -0.2) is 24.3 Å². The minimum absolute atomic E-state index is 0.0545. The molecule has 0 unspecified atom stereocenters. The van der Waals surface area contributed by atoms with Gasteiger partial charge in [0.05, 0.1) is 22.5 Å². The Morgan fingerprint density at radius 2 is 1.64 bits per heavy atom. The number of benzene rings is 2. The van der Waals surface area contributed by atoms with Crippen LogP contribution in [-0.2, 0) is 6.18 Å². The van der Waals surface area contributed by atoms with Crippen LogP contribution < -0.4 is 5.32 Å². The summed E-state index contributed by atoms with van der Waals surface area (Å²) in [5.41, 5.74) is -0.194. The summed E-state index contributed by atoms with van der Waals surface area (Å²) in [5.74, 6) is -0.566. The van der Waals surface area contributed by atoms with Gasteiger partial charge in [0.25, 0.3) is 0 Å². The van der Waals surface area contributed by atoms with Crippen molar-refractivity contribution in [3.05, 3.63) is 72.6 Å². The molecule has 0 aliphatic rings. The van der Waals surface area contributed by atoms with Gasteiger partial charge in [0.15, 0.2) is 0 Å². The van der Waals surface area contributed by atoms with Crippen LogP contribution in [0.5, 0.6) is 0 Å². The SMILES string of the molecule is Fc1ccc(C(F)(F)F)cc1-c1cc(Nc2ncncn2)c2ccccc2n1. The van der Waals surface area contributed by atoms with E-state index in [1.165, 1.54) is 18.7 Å². The smallest absolute Gasteiger partial charge is 0.323 e. The molecule has 0 amide bonds. The lowest BCUT2D eigenvalue weighted by atomic mass is 10.0. The van der Waals surface area contributed by atoms with Crippen molar-refractivity contribution in [1.29, 1.82) is 0 Å². The number of nitrogens with zero attached hydrogens (tertiary/aromatic N) is 4. The van der Waals surface area contributed by atoms with E-state index in [1.54, 1.807) is 24.3 Å². The molecule has 0 saturated heterocycles. The maximum atomic E-state index is 14.3. The monoisotopic (exact) mass is 385 g/mol. The average molecular weight is 385 g/mol. The second-order valence-electron chi connectivity index (χ2n) is 5.85. The van der Waals surface area contributed by atoms with Crippen LogP contribution in [0.1, 0.15) is 5.56 Å². The average Bonchev–Trinajstić information content (AvgIpc) is 2.68. The van der Waals surface area contributed by atoms with Crippen LogP contribution in [0, 0.1) is 5.82 Å². The molecule has 9 heteroatoms. The second kappa shape index (κ2) is 6.84. The van der Waals surface area contributed by atoms with E-state index in [0.29, 0.717) is 22.7 Å². The Morgan fingerprint density at radius 1 is 0.893 bits per heavy atom. The van der Waals surface area contributed by atoms with Gasteiger partial charge in [0, 0.05) is 10.9 Å². The van der Waals surface area contributed by atoms with E-state index >= 15 is 0 Å². The molecule has 0 aliphatic carbocycles. The summed E-state index contributed by atoms with van der Waals surface area (Å²) in [5, 5.41) is 3.65. The Kier molecular flexibility index (Phi) is 4.34. The molecule has 2 aromatic carbocycles. The number of para-hydroxylation sites is 1. The zero-order valence-corrected chi connectivity index (χ0v) is 14.1. The van der Waals surface area contributed by atoms with E-state index in [2.05, 4.69) is 25.3 Å². The van der Waals surface area contributed by atoms with Crippen LogP contribution in [-0.4, -0.2) is 19.9 Å². The van der Waals surface area contributed by atoms with E-state index in [1.807, 2.05) is 0 Å². The lowest BCUT2D eigenvalue weighted by Crippen LogP contribution is -2.06. The zero-order valence-electron chi connectivity index (χ0n) is 14.1. The molecule has 0 bridgehead atoms. The van der Waals surface area contributed by atoms with Crippen molar-refractivity contribution in [3.63, 3.8) is 0 Å². The van der Waals surface area contributed by atoms with Crippen molar-refractivity contribution in [2.45, 2.75) is 6.18 Å². The molecular formula is C19H11F4N5. The summed E-state index contributed by atoms with van der Waals surface area (Å²) < 4.78 is 53.5. The van der Waals surface area contributed by atoms with Crippen LogP contribution in [0.4, 0.5) is 29.2 Å². The third kappa shape index (κ3) is 3.46. The van der Waals surface area contributed by atoms with Gasteiger partial charge in [-0.15, -0.1) is 0 Å². The first-order valence-corrected chi connectivity index (χ1v) is 8.08. The molecule has 140 valence electrons. The number of fused-ring (bicyclic) bond motifs is 1. The minimum atomic E-state index is -4.59. The molecule has 0 spiro atoms. The van der Waals surface area contributed by atoms with Crippen molar-refractivity contribution in [2.24, 2.45) is 0 Å². The van der Waals surface area contributed by atoms with Gasteiger partial charge in [0.1, 0.15) is 18.5 Å². The Balaban J connectivity index is 1.89. The number of hydrogen-bond donors (Lipinski definition) is 1. The highest BCUT2D eigenvalue weighted by Gasteiger charge is 2.31. The van der Waals surface area contributed by atoms with Gasteiger partial charge in [-0.05, 0) is 30.3 Å². The molecule has 28 heavy (non-hydrogen) atoms. The van der Waals surface area contributed by atoms with Crippen LogP contribution in [0.2, 0.25) is 0 Å². The fourth-order valence-corrected chi connectivity index (χ4v) is 2.74. The van der Waals surface area contributed by atoms with Gasteiger partial charge < -0.3 is 5.32 Å². The van der Waals surface area contributed by atoms with Gasteiger partial charge in [-0.3, -0.25) is 0 Å². The molecule has 0 fully saturated rings. The van der Waals surface area contributed by atoms with E-state index in [-0.39, 0.29) is 17.2 Å². The van der Waals surface area contributed by atoms with E-state index in [9.17, 15) is 17.6 Å². The lowest BCUT2D eigenvalue weighted by Gasteiger charge is -2.13. The van der Waals surface area contributed by atoms with Gasteiger partial charge in [-0.1, -0.05) is 18.2 Å². The molecular weight excluding hydrogens is 374 g/mol. The number of hydrogen-bond acceptors (Lipinski definition) is 5. The highest BCUT2D eigenvalue weighted by molar-refractivity contribution is 5.95. The molecule has 2 heterocycles. The standard InChI is InChI=1S/C19H11F4N5/c20-14-6-5-11(19(21,22)23)7-13(14)17-8-16(28-18-25-9-24-10-26-18)12-3-1-2-4-15(12)27-17/h1-10H,(H,24,25,26,27,28). The zero-order chi connectivity index (χ0) is 19.7. The highest BCUT2D eigenvalue weighted by atomic mass is 19.4. The number of anilines is 2. The van der Waals surface area contributed by atoms with Crippen LogP contribution >= 0.6 is 0 Å². The summed E-state index contributed by atoms with van der Waals surface area (Å²) >= 11 is 0. The van der Waals surface area contributed by atoms with Gasteiger partial charge >= 0.3 is 6.18 Å². The molecule has 1 N–H and O–H groups in total. The predicted molar refractivity (Wildman–Crippen MR) is 95.2 cm³/mol. The summed E-state index contributed by atoms with van der Waals surface area (Å²) in [6.07, 6.45) is -2.00. The number of aromatic nitrogens is 4. The Labute approximate surface area is 156 Å². The van der Waals surface area contributed by atoms with Crippen LogP contribution in [0.15, 0.2) is 61.2 Å². The summed E-state index contributed by atoms with van der Waals surface area (Å²) in [6, 6.07) is 10.7. The molecule has 2 aromatic heterocycles. The fraction of sp³-hybridized carbons (Fsp3) is 0.0526. The Morgan fingerprint density at radius 3 is 2.39 bits per heavy atom. The highest BCUT2D eigenvalue weighted by Crippen LogP contribution is 2.35. The summed E-state index contributed by atoms with van der Waals surface area (Å²) in [4.78, 5) is 16.0. The van der Waals surface area contributed by atoms with Gasteiger partial charge in [0.2, 0.25) is 5.95 Å². The number of nitrogens with one attached hydrogen (secondary N) is 1. The lowest BCUT2D eigenvalue weighted by molar-refractivity contribution is -0.137. The molecule has 0 saturated carbocycles. The summed E-state index contributed by atoms with van der Waals surface area (Å²) in [7, 11) is 0. The number of rotatable bonds is 3. The summed E-state index contributed by atoms with van der Waals surface area (Å²) in [6.45, 7) is 0. The molecule has 5 nitrogen and oxygen atoms in total. The maximum Gasteiger partial charge on any atom is 0.416 e. The normalized spacial score (nSPS) is 11.6. The quantitative estimate of drug-likeness (QED) is 0.504. The fourth-order valence-electron chi connectivity index (χ4n) is 2.74. The molecule has 4 rings (SSSR count). The number of alkyl halides is 3. The number of halogens is 4. The van der Waals surface area contributed by atoms with Crippen LogP contribution in [0.3, 0.4) is 0 Å². The van der Waals surface area contributed by atoms with Crippen molar-refractivity contribution in [1.82, 2.24) is 19.9 Å². The van der Waals surface area contributed by atoms with Crippen molar-refractivity contribution in [2.75, 3.05) is 5.32 Å². The predicted octanol–water partition coefficient (Wildman–Crippen LogP) is 4.99. The first-order valence-electron chi connectivity index (χ1n) is 8.08. The minimum Gasteiger partial charge on any atom is -0.323 e.